The molecule has 2 atom stereocenters. The van der Waals surface area contributed by atoms with Crippen LogP contribution in [0.1, 0.15) is 46.5 Å². The van der Waals surface area contributed by atoms with E-state index in [4.69, 9.17) is 9.47 Å². The summed E-state index contributed by atoms with van der Waals surface area (Å²) in [6.45, 7) is 3.20. The van der Waals surface area contributed by atoms with E-state index in [9.17, 15) is 9.59 Å². The summed E-state index contributed by atoms with van der Waals surface area (Å²) in [6.07, 6.45) is 3.24. The first-order chi connectivity index (χ1) is 10.2. The molecule has 1 aliphatic heterocycles. The number of carbonyl (C=O) groups is 2. The maximum atomic E-state index is 12.6. The lowest BCUT2D eigenvalue weighted by Gasteiger charge is -2.37. The van der Waals surface area contributed by atoms with E-state index in [1.807, 2.05) is 4.90 Å². The smallest absolute Gasteiger partial charge is 0.367 e. The Morgan fingerprint density at radius 2 is 2.38 bits per heavy atom. The first-order valence-corrected chi connectivity index (χ1v) is 8.14. The van der Waals surface area contributed by atoms with Gasteiger partial charge in [-0.2, -0.15) is 0 Å². The van der Waals surface area contributed by atoms with Crippen LogP contribution in [0.3, 0.4) is 0 Å². The number of hydrogen-bond donors (Lipinski definition) is 0. The summed E-state index contributed by atoms with van der Waals surface area (Å²) in [5, 5.41) is 1.87. The van der Waals surface area contributed by atoms with Crippen molar-refractivity contribution >= 4 is 23.2 Å². The van der Waals surface area contributed by atoms with Crippen LogP contribution in [0.25, 0.3) is 0 Å². The zero-order chi connectivity index (χ0) is 14.8. The van der Waals surface area contributed by atoms with Gasteiger partial charge in [-0.25, -0.2) is 9.78 Å². The van der Waals surface area contributed by atoms with Crippen LogP contribution in [0.15, 0.2) is 5.38 Å². The van der Waals surface area contributed by atoms with Crippen LogP contribution in [-0.4, -0.2) is 53.7 Å². The Balaban J connectivity index is 1.74. The van der Waals surface area contributed by atoms with Gasteiger partial charge in [0, 0.05) is 11.9 Å². The van der Waals surface area contributed by atoms with E-state index in [1.54, 1.807) is 12.3 Å². The fourth-order valence-electron chi connectivity index (χ4n) is 2.98. The molecule has 114 valence electrons. The second-order valence-corrected chi connectivity index (χ2v) is 6.02. The van der Waals surface area contributed by atoms with Gasteiger partial charge in [-0.3, -0.25) is 4.79 Å². The highest BCUT2D eigenvalue weighted by atomic mass is 32.1. The van der Waals surface area contributed by atoms with Crippen molar-refractivity contribution in [1.82, 2.24) is 9.88 Å². The molecule has 1 aromatic heterocycles. The molecular formula is C14H18N2O4S. The molecule has 2 aliphatic rings. The number of aromatic nitrogens is 1. The van der Waals surface area contributed by atoms with Crippen LogP contribution >= 0.6 is 11.3 Å². The topological polar surface area (TPSA) is 68.7 Å². The number of thiazole rings is 1. The molecule has 2 fully saturated rings. The molecule has 1 saturated heterocycles. The van der Waals surface area contributed by atoms with E-state index in [0.29, 0.717) is 25.5 Å². The third-order valence-corrected chi connectivity index (χ3v) is 4.74. The second-order valence-electron chi connectivity index (χ2n) is 5.16. The van der Waals surface area contributed by atoms with Crippen LogP contribution in [0.2, 0.25) is 0 Å². The highest BCUT2D eigenvalue weighted by Crippen LogP contribution is 2.30. The lowest BCUT2D eigenvalue weighted by Crippen LogP contribution is -2.51. The summed E-state index contributed by atoms with van der Waals surface area (Å²) in [4.78, 5) is 30.2. The first kappa shape index (κ1) is 14.5. The number of rotatable bonds is 3. The average molecular weight is 310 g/mol. The molecule has 1 saturated carbocycles. The zero-order valence-electron chi connectivity index (χ0n) is 11.9. The maximum Gasteiger partial charge on any atom is 0.367 e. The van der Waals surface area contributed by atoms with Gasteiger partial charge in [-0.05, 0) is 26.2 Å². The van der Waals surface area contributed by atoms with Crippen molar-refractivity contribution in [1.29, 1.82) is 0 Å². The minimum atomic E-state index is -0.470. The van der Waals surface area contributed by atoms with Crippen molar-refractivity contribution in [2.24, 2.45) is 0 Å². The van der Waals surface area contributed by atoms with Crippen molar-refractivity contribution in [3.05, 3.63) is 16.1 Å². The van der Waals surface area contributed by atoms with E-state index in [1.165, 1.54) is 0 Å². The summed E-state index contributed by atoms with van der Waals surface area (Å²) in [6, 6.07) is 0.152. The Morgan fingerprint density at radius 3 is 3.19 bits per heavy atom. The SMILES string of the molecule is CCOC(=O)c1nc(C(=O)N2CCOC3CCCC32)cs1. The van der Waals surface area contributed by atoms with Crippen LogP contribution in [0.4, 0.5) is 0 Å². The minimum absolute atomic E-state index is 0.109. The summed E-state index contributed by atoms with van der Waals surface area (Å²) in [5.74, 6) is -0.579. The van der Waals surface area contributed by atoms with Crippen LogP contribution in [0, 0.1) is 0 Å². The van der Waals surface area contributed by atoms with E-state index in [2.05, 4.69) is 4.98 Å². The van der Waals surface area contributed by atoms with Crippen molar-refractivity contribution in [2.45, 2.75) is 38.3 Å². The summed E-state index contributed by atoms with van der Waals surface area (Å²) < 4.78 is 10.6. The lowest BCUT2D eigenvalue weighted by molar-refractivity contribution is -0.0447. The highest BCUT2D eigenvalue weighted by molar-refractivity contribution is 7.11. The van der Waals surface area contributed by atoms with Crippen molar-refractivity contribution in [2.75, 3.05) is 19.8 Å². The minimum Gasteiger partial charge on any atom is -0.461 e. The zero-order valence-corrected chi connectivity index (χ0v) is 12.7. The molecule has 0 aromatic carbocycles. The van der Waals surface area contributed by atoms with E-state index < -0.39 is 5.97 Å². The average Bonchev–Trinajstić information content (AvgIpc) is 3.15. The lowest BCUT2D eigenvalue weighted by atomic mass is 10.1. The largest absolute Gasteiger partial charge is 0.461 e. The molecule has 1 aromatic rings. The third-order valence-electron chi connectivity index (χ3n) is 3.92. The molecule has 1 aliphatic carbocycles. The monoisotopic (exact) mass is 310 g/mol. The Hall–Kier alpha value is -1.47. The molecular weight excluding hydrogens is 292 g/mol. The maximum absolute atomic E-state index is 12.6. The van der Waals surface area contributed by atoms with Gasteiger partial charge < -0.3 is 14.4 Å². The highest BCUT2D eigenvalue weighted by Gasteiger charge is 2.39. The molecule has 21 heavy (non-hydrogen) atoms. The van der Waals surface area contributed by atoms with Gasteiger partial charge in [-0.1, -0.05) is 0 Å². The standard InChI is InChI=1S/C14H18N2O4S/c1-2-19-14(18)12-15-9(8-21-12)13(17)16-6-7-20-11-5-3-4-10(11)16/h8,10-11H,2-7H2,1H3. The fourth-order valence-corrected chi connectivity index (χ4v) is 3.67. The third kappa shape index (κ3) is 2.80. The number of ether oxygens (including phenoxy) is 2. The molecule has 2 heterocycles. The fraction of sp³-hybridized carbons (Fsp3) is 0.643. The molecule has 3 rings (SSSR count). The number of carbonyl (C=O) groups excluding carboxylic acids is 2. The van der Waals surface area contributed by atoms with Crippen LogP contribution in [-0.2, 0) is 9.47 Å². The van der Waals surface area contributed by atoms with Crippen molar-refractivity contribution < 1.29 is 19.1 Å². The van der Waals surface area contributed by atoms with Crippen molar-refractivity contribution in [3.63, 3.8) is 0 Å². The summed E-state index contributed by atoms with van der Waals surface area (Å²) >= 11 is 1.15. The first-order valence-electron chi connectivity index (χ1n) is 7.26. The number of nitrogens with zero attached hydrogens (tertiary/aromatic N) is 2. The number of amides is 1. The van der Waals surface area contributed by atoms with Crippen LogP contribution in [0.5, 0.6) is 0 Å². The number of esters is 1. The number of hydrogen-bond acceptors (Lipinski definition) is 6. The molecule has 0 radical (unpaired) electrons. The van der Waals surface area contributed by atoms with Gasteiger partial charge in [-0.15, -0.1) is 11.3 Å². The van der Waals surface area contributed by atoms with E-state index in [0.717, 1.165) is 30.6 Å². The normalized spacial score (nSPS) is 24.7. The Kier molecular flexibility index (Phi) is 4.21. The Labute approximate surface area is 127 Å². The van der Waals surface area contributed by atoms with E-state index >= 15 is 0 Å². The summed E-state index contributed by atoms with van der Waals surface area (Å²) in [7, 11) is 0. The van der Waals surface area contributed by atoms with Gasteiger partial charge in [0.15, 0.2) is 0 Å². The number of morpholine rings is 1. The van der Waals surface area contributed by atoms with Gasteiger partial charge in [0.1, 0.15) is 5.69 Å². The number of fused-ring (bicyclic) bond motifs is 1. The van der Waals surface area contributed by atoms with Gasteiger partial charge in [0.25, 0.3) is 5.91 Å². The Morgan fingerprint density at radius 1 is 1.52 bits per heavy atom. The molecule has 7 heteroatoms. The molecule has 2 unspecified atom stereocenters. The quantitative estimate of drug-likeness (QED) is 0.795. The van der Waals surface area contributed by atoms with Gasteiger partial charge in [0.2, 0.25) is 5.01 Å². The molecule has 6 nitrogen and oxygen atoms in total. The second kappa shape index (κ2) is 6.11. The van der Waals surface area contributed by atoms with Crippen LogP contribution < -0.4 is 0 Å². The van der Waals surface area contributed by atoms with Gasteiger partial charge in [0.05, 0.1) is 25.4 Å². The van der Waals surface area contributed by atoms with Crippen molar-refractivity contribution in [3.8, 4) is 0 Å². The predicted molar refractivity (Wildman–Crippen MR) is 76.5 cm³/mol. The Bertz CT molecular complexity index is 545. The molecule has 0 spiro atoms. The molecule has 0 bridgehead atoms. The molecule has 1 amide bonds. The summed E-state index contributed by atoms with van der Waals surface area (Å²) in [5.41, 5.74) is 0.329. The van der Waals surface area contributed by atoms with E-state index in [-0.39, 0.29) is 23.1 Å². The van der Waals surface area contributed by atoms with Gasteiger partial charge >= 0.3 is 5.97 Å². The molecule has 0 N–H and O–H groups in total. The predicted octanol–water partition coefficient (Wildman–Crippen LogP) is 1.71.